The zero-order valence-electron chi connectivity index (χ0n) is 13.5. The van der Waals surface area contributed by atoms with Gasteiger partial charge in [0.25, 0.3) is 0 Å². The van der Waals surface area contributed by atoms with E-state index in [0.29, 0.717) is 16.8 Å². The van der Waals surface area contributed by atoms with E-state index in [1.807, 2.05) is 31.2 Å². The first-order chi connectivity index (χ1) is 12.1. The van der Waals surface area contributed by atoms with Crippen LogP contribution in [0.5, 0.6) is 5.75 Å². The van der Waals surface area contributed by atoms with Crippen molar-refractivity contribution in [2.75, 3.05) is 5.32 Å². The molecule has 4 heteroatoms. The smallest absolute Gasteiger partial charge is 0.198 e. The third-order valence-electron chi connectivity index (χ3n) is 4.38. The fraction of sp³-hybridized carbons (Fsp3) is 0.0909. The molecule has 0 unspecified atom stereocenters. The molecule has 130 valence electrons. The molecule has 4 nitrogen and oxygen atoms in total. The molecule has 0 heterocycles. The Labute approximate surface area is 152 Å². The maximum absolute atomic E-state index is 13.0. The van der Waals surface area contributed by atoms with Gasteiger partial charge in [0.1, 0.15) is 5.75 Å². The van der Waals surface area contributed by atoms with Gasteiger partial charge in [0.05, 0.1) is 16.8 Å². The summed E-state index contributed by atoms with van der Waals surface area (Å²) in [6, 6.07) is 17.5. The normalized spacial score (nSPS) is 12.0. The van der Waals surface area contributed by atoms with Gasteiger partial charge in [0.15, 0.2) is 11.6 Å². The van der Waals surface area contributed by atoms with Crippen LogP contribution < -0.4 is 5.32 Å². The molecule has 0 spiro atoms. The molecule has 0 bridgehead atoms. The van der Waals surface area contributed by atoms with Crippen LogP contribution in [0.1, 0.15) is 44.8 Å². The number of carbonyl (C=O) groups excluding carboxylic acids is 2. The molecular weight excluding hydrogens is 326 g/mol. The van der Waals surface area contributed by atoms with Crippen molar-refractivity contribution in [3.05, 3.63) is 88.5 Å². The SMILES string of the molecule is C.Cc1ccc(Nc2ccc(O)c3c2C(=O)c2ccccc2C3=O)cc1. The number of ketones is 2. The number of phenols is 1. The van der Waals surface area contributed by atoms with Gasteiger partial charge in [-0.3, -0.25) is 9.59 Å². The van der Waals surface area contributed by atoms with Crippen LogP contribution in [0.2, 0.25) is 0 Å². The van der Waals surface area contributed by atoms with Crippen LogP contribution >= 0.6 is 0 Å². The van der Waals surface area contributed by atoms with Crippen LogP contribution in [0.4, 0.5) is 11.4 Å². The van der Waals surface area contributed by atoms with Crippen LogP contribution in [-0.2, 0) is 0 Å². The lowest BCUT2D eigenvalue weighted by molar-refractivity contribution is 0.0977. The van der Waals surface area contributed by atoms with Crippen molar-refractivity contribution in [1.82, 2.24) is 0 Å². The molecular formula is C22H19NO3. The first kappa shape index (κ1) is 17.4. The maximum atomic E-state index is 13.0. The Morgan fingerprint density at radius 1 is 0.769 bits per heavy atom. The molecule has 0 fully saturated rings. The third-order valence-corrected chi connectivity index (χ3v) is 4.38. The molecule has 0 atom stereocenters. The van der Waals surface area contributed by atoms with Crippen molar-refractivity contribution in [2.45, 2.75) is 14.4 Å². The Bertz CT molecular complexity index is 1020. The predicted octanol–water partition coefficient (Wildman–Crippen LogP) is 4.86. The van der Waals surface area contributed by atoms with E-state index in [0.717, 1.165) is 11.3 Å². The van der Waals surface area contributed by atoms with E-state index in [9.17, 15) is 14.7 Å². The number of hydrogen-bond donors (Lipinski definition) is 2. The molecule has 1 aliphatic carbocycles. The molecule has 0 saturated carbocycles. The number of benzene rings is 3. The molecule has 1 aliphatic rings. The number of fused-ring (bicyclic) bond motifs is 2. The number of aromatic hydroxyl groups is 1. The lowest BCUT2D eigenvalue weighted by Crippen LogP contribution is -2.22. The van der Waals surface area contributed by atoms with E-state index >= 15 is 0 Å². The monoisotopic (exact) mass is 345 g/mol. The van der Waals surface area contributed by atoms with Gasteiger partial charge in [-0.15, -0.1) is 0 Å². The average molecular weight is 345 g/mol. The summed E-state index contributed by atoms with van der Waals surface area (Å²) in [6.45, 7) is 1.99. The van der Waals surface area contributed by atoms with Crippen molar-refractivity contribution in [1.29, 1.82) is 0 Å². The second kappa shape index (κ2) is 6.48. The van der Waals surface area contributed by atoms with Crippen molar-refractivity contribution in [3.8, 4) is 5.75 Å². The molecule has 4 rings (SSSR count). The van der Waals surface area contributed by atoms with Gasteiger partial charge in [-0.25, -0.2) is 0 Å². The largest absolute Gasteiger partial charge is 0.507 e. The summed E-state index contributed by atoms with van der Waals surface area (Å²) in [6.07, 6.45) is 0. The topological polar surface area (TPSA) is 66.4 Å². The minimum Gasteiger partial charge on any atom is -0.507 e. The summed E-state index contributed by atoms with van der Waals surface area (Å²) >= 11 is 0. The third kappa shape index (κ3) is 2.65. The molecule has 0 aromatic heterocycles. The number of rotatable bonds is 2. The van der Waals surface area contributed by atoms with E-state index in [1.165, 1.54) is 6.07 Å². The van der Waals surface area contributed by atoms with Gasteiger partial charge in [-0.05, 0) is 31.2 Å². The van der Waals surface area contributed by atoms with Gasteiger partial charge in [-0.2, -0.15) is 0 Å². The predicted molar refractivity (Wildman–Crippen MR) is 103 cm³/mol. The van der Waals surface area contributed by atoms with Gasteiger partial charge in [0.2, 0.25) is 0 Å². The molecule has 0 saturated heterocycles. The van der Waals surface area contributed by atoms with Gasteiger partial charge in [0, 0.05) is 16.8 Å². The second-order valence-electron chi connectivity index (χ2n) is 6.08. The minimum atomic E-state index is -0.338. The highest BCUT2D eigenvalue weighted by atomic mass is 16.3. The first-order valence-electron chi connectivity index (χ1n) is 7.94. The number of aryl methyl sites for hydroxylation is 1. The highest BCUT2D eigenvalue weighted by molar-refractivity contribution is 6.31. The van der Waals surface area contributed by atoms with Crippen molar-refractivity contribution in [3.63, 3.8) is 0 Å². The lowest BCUT2D eigenvalue weighted by Gasteiger charge is -2.21. The summed E-state index contributed by atoms with van der Waals surface area (Å²) in [4.78, 5) is 25.8. The molecule has 26 heavy (non-hydrogen) atoms. The molecule has 0 amide bonds. The number of hydrogen-bond acceptors (Lipinski definition) is 4. The first-order valence-corrected chi connectivity index (χ1v) is 7.94. The summed E-state index contributed by atoms with van der Waals surface area (Å²) in [5, 5.41) is 13.4. The van der Waals surface area contributed by atoms with Crippen molar-refractivity contribution < 1.29 is 14.7 Å². The highest BCUT2D eigenvalue weighted by Gasteiger charge is 2.33. The molecule has 3 aromatic rings. The zero-order chi connectivity index (χ0) is 17.6. The van der Waals surface area contributed by atoms with Crippen molar-refractivity contribution in [2.24, 2.45) is 0 Å². The lowest BCUT2D eigenvalue weighted by atomic mass is 9.82. The van der Waals surface area contributed by atoms with Gasteiger partial charge in [-0.1, -0.05) is 49.4 Å². The Balaban J connectivity index is 0.00000196. The standard InChI is InChI=1S/C21H15NO3.CH4/c1-12-6-8-13(9-7-12)22-16-10-11-17(23)19-18(16)20(24)14-4-2-3-5-15(14)21(19)25;/h2-11,22-23H,1H3;1H4. The molecule has 0 radical (unpaired) electrons. The van der Waals surface area contributed by atoms with Gasteiger partial charge < -0.3 is 10.4 Å². The Morgan fingerprint density at radius 3 is 1.96 bits per heavy atom. The fourth-order valence-electron chi connectivity index (χ4n) is 3.10. The second-order valence-corrected chi connectivity index (χ2v) is 6.08. The zero-order valence-corrected chi connectivity index (χ0v) is 13.5. The van der Waals surface area contributed by atoms with Crippen LogP contribution in [0.15, 0.2) is 60.7 Å². The van der Waals surface area contributed by atoms with E-state index in [-0.39, 0.29) is 35.9 Å². The fourth-order valence-corrected chi connectivity index (χ4v) is 3.10. The summed E-state index contributed by atoms with van der Waals surface area (Å²) in [5.74, 6) is -0.789. The van der Waals surface area contributed by atoms with E-state index in [1.54, 1.807) is 30.3 Å². The van der Waals surface area contributed by atoms with E-state index < -0.39 is 0 Å². The van der Waals surface area contributed by atoms with Crippen LogP contribution in [-0.4, -0.2) is 16.7 Å². The summed E-state index contributed by atoms with van der Waals surface area (Å²) in [7, 11) is 0. The van der Waals surface area contributed by atoms with Crippen molar-refractivity contribution >= 4 is 22.9 Å². The number of phenolic OH excluding ortho intramolecular Hbond substituents is 1. The Hall–Kier alpha value is -3.40. The van der Waals surface area contributed by atoms with Crippen LogP contribution in [0, 0.1) is 6.92 Å². The van der Waals surface area contributed by atoms with Crippen LogP contribution in [0.25, 0.3) is 0 Å². The number of anilines is 2. The molecule has 3 aromatic carbocycles. The summed E-state index contributed by atoms with van der Waals surface area (Å²) < 4.78 is 0. The molecule has 0 aliphatic heterocycles. The summed E-state index contributed by atoms with van der Waals surface area (Å²) in [5.41, 5.74) is 3.38. The average Bonchev–Trinajstić information content (AvgIpc) is 2.63. The number of nitrogens with one attached hydrogen (secondary N) is 1. The Morgan fingerprint density at radius 2 is 1.35 bits per heavy atom. The minimum absolute atomic E-state index is 0. The van der Waals surface area contributed by atoms with Crippen LogP contribution in [0.3, 0.4) is 0 Å². The highest BCUT2D eigenvalue weighted by Crippen LogP contribution is 2.37. The quantitative estimate of drug-likeness (QED) is 0.509. The Kier molecular flexibility index (Phi) is 4.34. The van der Waals surface area contributed by atoms with Gasteiger partial charge >= 0.3 is 0 Å². The van der Waals surface area contributed by atoms with E-state index in [4.69, 9.17) is 0 Å². The number of carbonyl (C=O) groups is 2. The maximum Gasteiger partial charge on any atom is 0.198 e. The molecule has 2 N–H and O–H groups in total. The van der Waals surface area contributed by atoms with E-state index in [2.05, 4.69) is 5.32 Å².